The van der Waals surface area contributed by atoms with Gasteiger partial charge >= 0.3 is 0 Å². The average molecular weight is 325 g/mol. The molecule has 0 spiro atoms. The van der Waals surface area contributed by atoms with Gasteiger partial charge in [0.2, 0.25) is 5.91 Å². The molecule has 0 aliphatic carbocycles. The number of rotatable bonds is 8. The maximum Gasteiger partial charge on any atom is 0.221 e. The predicted molar refractivity (Wildman–Crippen MR) is 80.3 cm³/mol. The SMILES string of the molecule is COCCNC(=O)CCNC(C)c1cc(Cl)sc1Cl. The molecule has 7 heteroatoms. The van der Waals surface area contributed by atoms with Gasteiger partial charge in [-0.2, -0.15) is 0 Å². The molecule has 4 nitrogen and oxygen atoms in total. The van der Waals surface area contributed by atoms with Crippen LogP contribution in [0, 0.1) is 0 Å². The number of carbonyl (C=O) groups excluding carboxylic acids is 1. The predicted octanol–water partition coefficient (Wildman–Crippen LogP) is 2.86. The third-order valence-electron chi connectivity index (χ3n) is 2.58. The second-order valence-electron chi connectivity index (χ2n) is 4.05. The zero-order chi connectivity index (χ0) is 14.3. The van der Waals surface area contributed by atoms with Crippen LogP contribution in [0.2, 0.25) is 8.67 Å². The molecule has 2 N–H and O–H groups in total. The molecule has 0 fully saturated rings. The molecule has 1 aromatic heterocycles. The average Bonchev–Trinajstić information content (AvgIpc) is 2.69. The molecular weight excluding hydrogens is 307 g/mol. The molecule has 1 heterocycles. The van der Waals surface area contributed by atoms with Crippen molar-refractivity contribution < 1.29 is 9.53 Å². The van der Waals surface area contributed by atoms with Crippen molar-refractivity contribution in [3.63, 3.8) is 0 Å². The maximum absolute atomic E-state index is 11.5. The number of hydrogen-bond donors (Lipinski definition) is 2. The summed E-state index contributed by atoms with van der Waals surface area (Å²) in [5, 5.41) is 6.01. The Morgan fingerprint density at radius 1 is 1.47 bits per heavy atom. The smallest absolute Gasteiger partial charge is 0.221 e. The first kappa shape index (κ1) is 16.7. The quantitative estimate of drug-likeness (QED) is 0.723. The molecule has 19 heavy (non-hydrogen) atoms. The highest BCUT2D eigenvalue weighted by Crippen LogP contribution is 2.34. The fourth-order valence-corrected chi connectivity index (χ4v) is 3.19. The van der Waals surface area contributed by atoms with E-state index in [1.54, 1.807) is 7.11 Å². The van der Waals surface area contributed by atoms with E-state index < -0.39 is 0 Å². The molecule has 0 aliphatic rings. The van der Waals surface area contributed by atoms with Gasteiger partial charge in [0, 0.05) is 32.7 Å². The van der Waals surface area contributed by atoms with Crippen molar-refractivity contribution in [3.8, 4) is 0 Å². The minimum Gasteiger partial charge on any atom is -0.383 e. The van der Waals surface area contributed by atoms with Crippen molar-refractivity contribution in [1.29, 1.82) is 0 Å². The summed E-state index contributed by atoms with van der Waals surface area (Å²) in [5.41, 5.74) is 0.969. The summed E-state index contributed by atoms with van der Waals surface area (Å²) < 4.78 is 6.21. The summed E-state index contributed by atoms with van der Waals surface area (Å²) in [7, 11) is 1.60. The van der Waals surface area contributed by atoms with Crippen molar-refractivity contribution in [1.82, 2.24) is 10.6 Å². The minimum atomic E-state index is 0.00574. The van der Waals surface area contributed by atoms with Crippen molar-refractivity contribution in [2.75, 3.05) is 26.8 Å². The number of thiophene rings is 1. The topological polar surface area (TPSA) is 50.4 Å². The first-order valence-corrected chi connectivity index (χ1v) is 7.55. The third kappa shape index (κ3) is 6.10. The Morgan fingerprint density at radius 2 is 2.21 bits per heavy atom. The highest BCUT2D eigenvalue weighted by atomic mass is 35.5. The number of nitrogens with one attached hydrogen (secondary N) is 2. The van der Waals surface area contributed by atoms with Crippen LogP contribution in [0.5, 0.6) is 0 Å². The van der Waals surface area contributed by atoms with Gasteiger partial charge in [-0.1, -0.05) is 23.2 Å². The lowest BCUT2D eigenvalue weighted by molar-refractivity contribution is -0.121. The number of methoxy groups -OCH3 is 1. The Kier molecular flexibility index (Phi) is 7.71. The number of amides is 1. The van der Waals surface area contributed by atoms with Gasteiger partial charge in [0.1, 0.15) is 0 Å². The lowest BCUT2D eigenvalue weighted by Crippen LogP contribution is -2.30. The summed E-state index contributed by atoms with van der Waals surface area (Å²) in [6, 6.07) is 1.92. The fraction of sp³-hybridized carbons (Fsp3) is 0.583. The molecule has 1 rings (SSSR count). The van der Waals surface area contributed by atoms with E-state index in [0.717, 1.165) is 5.56 Å². The molecule has 0 saturated heterocycles. The van der Waals surface area contributed by atoms with Gasteiger partial charge in [0.25, 0.3) is 0 Å². The van der Waals surface area contributed by atoms with E-state index >= 15 is 0 Å². The van der Waals surface area contributed by atoms with Gasteiger partial charge in [-0.3, -0.25) is 4.79 Å². The van der Waals surface area contributed by atoms with Crippen LogP contribution >= 0.6 is 34.5 Å². The van der Waals surface area contributed by atoms with Crippen molar-refractivity contribution >= 4 is 40.4 Å². The number of hydrogen-bond acceptors (Lipinski definition) is 4. The van der Waals surface area contributed by atoms with Gasteiger partial charge in [0.15, 0.2) is 0 Å². The van der Waals surface area contributed by atoms with Gasteiger partial charge in [-0.05, 0) is 18.6 Å². The Hall–Kier alpha value is -0.330. The molecule has 1 amide bonds. The summed E-state index contributed by atoms with van der Waals surface area (Å²) in [6.45, 7) is 3.65. The van der Waals surface area contributed by atoms with E-state index in [1.165, 1.54) is 11.3 Å². The van der Waals surface area contributed by atoms with Crippen LogP contribution in [-0.2, 0) is 9.53 Å². The van der Waals surface area contributed by atoms with Crippen LogP contribution in [0.4, 0.5) is 0 Å². The Balaban J connectivity index is 2.25. The first-order chi connectivity index (χ1) is 9.04. The standard InChI is InChI=1S/C12H18Cl2N2O2S/c1-8(9-7-10(13)19-12(9)14)15-4-3-11(17)16-5-6-18-2/h7-8,15H,3-6H2,1-2H3,(H,16,17). The zero-order valence-corrected chi connectivity index (χ0v) is 13.3. The zero-order valence-electron chi connectivity index (χ0n) is 11.0. The van der Waals surface area contributed by atoms with Gasteiger partial charge in [-0.25, -0.2) is 0 Å². The van der Waals surface area contributed by atoms with Crippen LogP contribution < -0.4 is 10.6 Å². The van der Waals surface area contributed by atoms with Crippen molar-refractivity contribution in [2.24, 2.45) is 0 Å². The summed E-state index contributed by atoms with van der Waals surface area (Å²) in [5.74, 6) is 0.00574. The molecule has 1 aromatic rings. The molecule has 0 radical (unpaired) electrons. The van der Waals surface area contributed by atoms with Crippen LogP contribution in [-0.4, -0.2) is 32.7 Å². The normalized spacial score (nSPS) is 12.4. The number of halogens is 2. The maximum atomic E-state index is 11.5. The molecule has 0 aliphatic heterocycles. The molecule has 1 atom stereocenters. The van der Waals surface area contributed by atoms with E-state index in [4.69, 9.17) is 27.9 Å². The molecule has 108 valence electrons. The number of carbonyl (C=O) groups is 1. The monoisotopic (exact) mass is 324 g/mol. The highest BCUT2D eigenvalue weighted by Gasteiger charge is 2.13. The van der Waals surface area contributed by atoms with Gasteiger partial charge in [-0.15, -0.1) is 11.3 Å². The van der Waals surface area contributed by atoms with Gasteiger partial charge in [0.05, 0.1) is 15.3 Å². The van der Waals surface area contributed by atoms with Crippen LogP contribution in [0.25, 0.3) is 0 Å². The summed E-state index contributed by atoms with van der Waals surface area (Å²) >= 11 is 13.3. The van der Waals surface area contributed by atoms with E-state index in [2.05, 4.69) is 10.6 Å². The summed E-state index contributed by atoms with van der Waals surface area (Å²) in [6.07, 6.45) is 0.420. The van der Waals surface area contributed by atoms with E-state index in [9.17, 15) is 4.79 Å². The highest BCUT2D eigenvalue weighted by molar-refractivity contribution is 7.20. The number of ether oxygens (including phenoxy) is 1. The van der Waals surface area contributed by atoms with Crippen molar-refractivity contribution in [2.45, 2.75) is 19.4 Å². The largest absolute Gasteiger partial charge is 0.383 e. The van der Waals surface area contributed by atoms with E-state index in [0.29, 0.717) is 34.8 Å². The Bertz CT molecular complexity index is 412. The Labute approximate surface area is 127 Å². The van der Waals surface area contributed by atoms with Crippen molar-refractivity contribution in [3.05, 3.63) is 20.3 Å². The molecule has 0 aromatic carbocycles. The van der Waals surface area contributed by atoms with E-state index in [-0.39, 0.29) is 11.9 Å². The molecular formula is C12H18Cl2N2O2S. The van der Waals surface area contributed by atoms with Crippen LogP contribution in [0.1, 0.15) is 24.9 Å². The third-order valence-corrected chi connectivity index (χ3v) is 4.10. The second-order valence-corrected chi connectivity index (χ2v) is 6.33. The first-order valence-electron chi connectivity index (χ1n) is 5.98. The second kappa shape index (κ2) is 8.76. The van der Waals surface area contributed by atoms with Crippen LogP contribution in [0.15, 0.2) is 6.07 Å². The Morgan fingerprint density at radius 3 is 2.79 bits per heavy atom. The van der Waals surface area contributed by atoms with E-state index in [1.807, 2.05) is 13.0 Å². The lowest BCUT2D eigenvalue weighted by atomic mass is 10.2. The molecule has 0 bridgehead atoms. The summed E-state index contributed by atoms with van der Waals surface area (Å²) in [4.78, 5) is 11.5. The fourth-order valence-electron chi connectivity index (χ4n) is 1.54. The minimum absolute atomic E-state index is 0.00574. The molecule has 1 unspecified atom stereocenters. The lowest BCUT2D eigenvalue weighted by Gasteiger charge is -2.13. The molecule has 0 saturated carbocycles. The van der Waals surface area contributed by atoms with Crippen LogP contribution in [0.3, 0.4) is 0 Å². The van der Waals surface area contributed by atoms with Gasteiger partial charge < -0.3 is 15.4 Å².